The third kappa shape index (κ3) is 5.07. The summed E-state index contributed by atoms with van der Waals surface area (Å²) < 4.78 is 13.0. The van der Waals surface area contributed by atoms with Crippen LogP contribution < -0.4 is 4.90 Å². The van der Waals surface area contributed by atoms with Crippen LogP contribution in [0.15, 0.2) is 185 Å². The Balaban J connectivity index is 0.983. The van der Waals surface area contributed by atoms with Gasteiger partial charge >= 0.3 is 0 Å². The van der Waals surface area contributed by atoms with E-state index in [1.165, 1.54) is 22.5 Å². The lowest BCUT2D eigenvalue weighted by molar-refractivity contribution is 0.584. The second-order valence-corrected chi connectivity index (χ2v) is 14.7. The van der Waals surface area contributed by atoms with Gasteiger partial charge in [-0.2, -0.15) is 0 Å². The van der Waals surface area contributed by atoms with Crippen molar-refractivity contribution in [1.29, 1.82) is 0 Å². The molecule has 0 spiro atoms. The summed E-state index contributed by atoms with van der Waals surface area (Å²) in [6.45, 7) is 0. The van der Waals surface area contributed by atoms with Crippen LogP contribution in [0, 0.1) is 0 Å². The molecule has 3 aromatic heterocycles. The molecule has 10 aromatic rings. The number of fused-ring (bicyclic) bond motifs is 10. The van der Waals surface area contributed by atoms with Crippen molar-refractivity contribution < 1.29 is 8.83 Å². The summed E-state index contributed by atoms with van der Waals surface area (Å²) in [5, 5.41) is 3.24. The highest BCUT2D eigenvalue weighted by atomic mass is 16.3. The summed E-state index contributed by atoms with van der Waals surface area (Å²) in [5.74, 6) is 2.74. The lowest BCUT2D eigenvalue weighted by Gasteiger charge is -2.30. The van der Waals surface area contributed by atoms with Gasteiger partial charge in [-0.05, 0) is 65.2 Å². The van der Waals surface area contributed by atoms with Crippen LogP contribution in [-0.2, 0) is 0 Å². The fraction of sp³-hybridized carbons (Fsp3) is 0.0392. The maximum Gasteiger partial charge on any atom is 0.164 e. The van der Waals surface area contributed by atoms with Gasteiger partial charge in [0.25, 0.3) is 0 Å². The van der Waals surface area contributed by atoms with Crippen molar-refractivity contribution in [2.75, 3.05) is 4.90 Å². The highest BCUT2D eigenvalue weighted by molar-refractivity contribution is 6.05. The zero-order chi connectivity index (χ0) is 37.5. The lowest BCUT2D eigenvalue weighted by atomic mass is 9.82. The van der Waals surface area contributed by atoms with Crippen molar-refractivity contribution in [1.82, 2.24) is 15.0 Å². The van der Waals surface area contributed by atoms with Gasteiger partial charge in [-0.25, -0.2) is 15.0 Å². The minimum atomic E-state index is 0.121. The summed E-state index contributed by atoms with van der Waals surface area (Å²) in [6.07, 6.45) is 4.43. The zero-order valence-electron chi connectivity index (χ0n) is 30.6. The number of furan rings is 2. The molecule has 1 aliphatic carbocycles. The number of para-hydroxylation sites is 3. The first kappa shape index (κ1) is 31.7. The van der Waals surface area contributed by atoms with Crippen molar-refractivity contribution in [2.45, 2.75) is 12.0 Å². The molecule has 0 fully saturated rings. The Bertz CT molecular complexity index is 3200. The van der Waals surface area contributed by atoms with Crippen molar-refractivity contribution in [3.05, 3.63) is 193 Å². The van der Waals surface area contributed by atoms with Gasteiger partial charge in [-0.15, -0.1) is 0 Å². The predicted molar refractivity (Wildman–Crippen MR) is 228 cm³/mol. The summed E-state index contributed by atoms with van der Waals surface area (Å²) in [5.41, 5.74) is 12.2. The van der Waals surface area contributed by atoms with E-state index in [4.69, 9.17) is 23.8 Å². The van der Waals surface area contributed by atoms with E-state index in [0.29, 0.717) is 17.5 Å². The Morgan fingerprint density at radius 1 is 0.439 bits per heavy atom. The monoisotopic (exact) mass is 732 g/mol. The highest BCUT2D eigenvalue weighted by Gasteiger charge is 2.43. The predicted octanol–water partition coefficient (Wildman–Crippen LogP) is 12.9. The van der Waals surface area contributed by atoms with E-state index in [1.54, 1.807) is 0 Å². The van der Waals surface area contributed by atoms with Crippen molar-refractivity contribution in [3.63, 3.8) is 0 Å². The molecule has 0 saturated carbocycles. The standard InChI is InChI=1S/C51H32N4O2/c1-3-11-31(12-4-1)32-19-21-33(22-20-32)49-52-50(34-23-25-38-37-15-8-10-18-43(37)56-45(38)29-34)54-51(53-49)35-24-26-40-46(30-35)57-44-28-27-42-47(48(40)44)39-16-7-9-17-41(39)55(42)36-13-5-2-6-14-36/h1-30,42,47H. The maximum absolute atomic E-state index is 6.69. The van der Waals surface area contributed by atoms with E-state index in [-0.39, 0.29) is 12.0 Å². The SMILES string of the molecule is C1=CC2C(c3ccccc3N2c2ccccc2)c2c1oc1cc(-c3nc(-c4ccc(-c5ccccc5)cc4)nc(-c4ccc5c(c4)oc4ccccc45)n3)ccc21. The van der Waals surface area contributed by atoms with E-state index in [1.807, 2.05) is 30.3 Å². The molecule has 0 N–H and O–H groups in total. The van der Waals surface area contributed by atoms with Gasteiger partial charge < -0.3 is 13.7 Å². The van der Waals surface area contributed by atoms with Crippen LogP contribution in [-0.4, -0.2) is 21.0 Å². The number of rotatable bonds is 5. The van der Waals surface area contributed by atoms with Crippen LogP contribution in [0.5, 0.6) is 0 Å². The summed E-state index contributed by atoms with van der Waals surface area (Å²) >= 11 is 0. The lowest BCUT2D eigenvalue weighted by Crippen LogP contribution is -2.30. The molecule has 2 aliphatic rings. The van der Waals surface area contributed by atoms with Crippen molar-refractivity contribution in [3.8, 4) is 45.3 Å². The zero-order valence-corrected chi connectivity index (χ0v) is 30.6. The maximum atomic E-state index is 6.69. The molecule has 0 amide bonds. The summed E-state index contributed by atoms with van der Waals surface area (Å²) in [4.78, 5) is 17.7. The molecular weight excluding hydrogens is 701 g/mol. The largest absolute Gasteiger partial charge is 0.456 e. The molecule has 268 valence electrons. The quantitative estimate of drug-likeness (QED) is 0.175. The minimum Gasteiger partial charge on any atom is -0.456 e. The topological polar surface area (TPSA) is 68.2 Å². The third-order valence-corrected chi connectivity index (χ3v) is 11.5. The molecule has 7 aromatic carbocycles. The Labute approximate surface area is 328 Å². The summed E-state index contributed by atoms with van der Waals surface area (Å²) in [7, 11) is 0. The molecule has 1 aliphatic heterocycles. The van der Waals surface area contributed by atoms with Crippen LogP contribution in [0.4, 0.5) is 11.4 Å². The van der Waals surface area contributed by atoms with Crippen molar-refractivity contribution >= 4 is 50.4 Å². The summed E-state index contributed by atoms with van der Waals surface area (Å²) in [6, 6.07) is 59.0. The van der Waals surface area contributed by atoms with Crippen molar-refractivity contribution in [2.24, 2.45) is 0 Å². The number of benzene rings is 7. The van der Waals surface area contributed by atoms with Crippen LogP contribution in [0.25, 0.3) is 84.3 Å². The molecule has 6 heteroatoms. The van der Waals surface area contributed by atoms with E-state index < -0.39 is 0 Å². The van der Waals surface area contributed by atoms with Gasteiger partial charge in [0.05, 0.1) is 6.04 Å². The van der Waals surface area contributed by atoms with Gasteiger partial charge in [0.1, 0.15) is 22.5 Å². The highest BCUT2D eigenvalue weighted by Crippen LogP contribution is 2.53. The smallest absolute Gasteiger partial charge is 0.164 e. The minimum absolute atomic E-state index is 0.121. The fourth-order valence-electron chi connectivity index (χ4n) is 8.86. The van der Waals surface area contributed by atoms with Crippen LogP contribution in [0.1, 0.15) is 22.8 Å². The fourth-order valence-corrected chi connectivity index (χ4v) is 8.86. The second-order valence-electron chi connectivity index (χ2n) is 14.7. The first-order chi connectivity index (χ1) is 28.2. The van der Waals surface area contributed by atoms with E-state index in [9.17, 15) is 0 Å². The van der Waals surface area contributed by atoms with Gasteiger partial charge in [0.15, 0.2) is 17.5 Å². The Morgan fingerprint density at radius 2 is 1.00 bits per heavy atom. The van der Waals surface area contributed by atoms with E-state index in [2.05, 4.69) is 157 Å². The molecule has 2 unspecified atom stereocenters. The van der Waals surface area contributed by atoms with Crippen LogP contribution in [0.2, 0.25) is 0 Å². The molecule has 0 saturated heterocycles. The normalized spacial score (nSPS) is 15.6. The Kier molecular flexibility index (Phi) is 6.95. The second kappa shape index (κ2) is 12.5. The van der Waals surface area contributed by atoms with Gasteiger partial charge in [0, 0.05) is 55.7 Å². The first-order valence-corrected chi connectivity index (χ1v) is 19.3. The average Bonchev–Trinajstić information content (AvgIpc) is 3.95. The van der Waals surface area contributed by atoms with Gasteiger partial charge in [-0.3, -0.25) is 0 Å². The average molecular weight is 733 g/mol. The van der Waals surface area contributed by atoms with Crippen LogP contribution in [0.3, 0.4) is 0 Å². The Morgan fingerprint density at radius 3 is 1.77 bits per heavy atom. The van der Waals surface area contributed by atoms with E-state index in [0.717, 1.165) is 66.5 Å². The molecule has 0 bridgehead atoms. The molecule has 6 nitrogen and oxygen atoms in total. The number of nitrogens with zero attached hydrogens (tertiary/aromatic N) is 4. The number of aromatic nitrogens is 3. The third-order valence-electron chi connectivity index (χ3n) is 11.5. The number of anilines is 2. The number of hydrogen-bond donors (Lipinski definition) is 0. The van der Waals surface area contributed by atoms with Crippen LogP contribution >= 0.6 is 0 Å². The molecule has 57 heavy (non-hydrogen) atoms. The van der Waals surface area contributed by atoms with Gasteiger partial charge in [0.2, 0.25) is 0 Å². The first-order valence-electron chi connectivity index (χ1n) is 19.3. The molecule has 4 heterocycles. The molecular formula is C51H32N4O2. The molecule has 2 atom stereocenters. The molecule has 12 rings (SSSR count). The van der Waals surface area contributed by atoms with Gasteiger partial charge in [-0.1, -0.05) is 133 Å². The number of hydrogen-bond acceptors (Lipinski definition) is 6. The Hall–Kier alpha value is -7.57. The molecule has 0 radical (unpaired) electrons. The van der Waals surface area contributed by atoms with E-state index >= 15 is 0 Å².